The minimum Gasteiger partial charge on any atom is -0.393 e. The molecule has 0 heterocycles. The monoisotopic (exact) mass is 252 g/mol. The maximum atomic E-state index is 12.3. The van der Waals surface area contributed by atoms with Crippen LogP contribution in [-0.4, -0.2) is 17.0 Å². The van der Waals surface area contributed by atoms with E-state index in [1.807, 2.05) is 0 Å². The second-order valence-corrected chi connectivity index (χ2v) is 6.53. The van der Waals surface area contributed by atoms with Crippen LogP contribution in [0.4, 0.5) is 0 Å². The molecule has 2 heteroatoms. The molecule has 0 aromatic heterocycles. The topological polar surface area (TPSA) is 37.3 Å². The molecule has 0 aromatic carbocycles. The summed E-state index contributed by atoms with van der Waals surface area (Å²) in [4.78, 5) is 12.3. The molecule has 2 aliphatic rings. The molecule has 5 atom stereocenters. The molecule has 2 nitrogen and oxygen atoms in total. The molecule has 5 unspecified atom stereocenters. The summed E-state index contributed by atoms with van der Waals surface area (Å²) >= 11 is 0. The first-order valence-corrected chi connectivity index (χ1v) is 7.85. The molecule has 2 rings (SSSR count). The van der Waals surface area contributed by atoms with Crippen molar-refractivity contribution in [3.63, 3.8) is 0 Å². The third-order valence-electron chi connectivity index (χ3n) is 5.29. The molecule has 104 valence electrons. The molecule has 0 bridgehead atoms. The Morgan fingerprint density at radius 3 is 2.50 bits per heavy atom. The summed E-state index contributed by atoms with van der Waals surface area (Å²) in [5, 5.41) is 10.3. The number of carbonyl (C=O) groups excluding carboxylic acids is 1. The van der Waals surface area contributed by atoms with Crippen molar-refractivity contribution in [2.24, 2.45) is 23.7 Å². The zero-order valence-corrected chi connectivity index (χ0v) is 11.9. The number of aliphatic hydroxyl groups is 1. The van der Waals surface area contributed by atoms with Crippen LogP contribution in [0, 0.1) is 23.7 Å². The number of hydrogen-bond donors (Lipinski definition) is 1. The highest BCUT2D eigenvalue weighted by molar-refractivity contribution is 5.84. The molecule has 1 N–H and O–H groups in total. The van der Waals surface area contributed by atoms with Crippen LogP contribution in [0.15, 0.2) is 0 Å². The number of aliphatic hydroxyl groups excluding tert-OH is 1. The third-order valence-corrected chi connectivity index (χ3v) is 5.29. The highest BCUT2D eigenvalue weighted by Crippen LogP contribution is 2.38. The molecular formula is C16H28O2. The molecule has 0 radical (unpaired) electrons. The third kappa shape index (κ3) is 2.96. The smallest absolute Gasteiger partial charge is 0.139 e. The lowest BCUT2D eigenvalue weighted by Crippen LogP contribution is -2.36. The van der Waals surface area contributed by atoms with Gasteiger partial charge in [0.1, 0.15) is 5.78 Å². The molecule has 18 heavy (non-hydrogen) atoms. The zero-order valence-electron chi connectivity index (χ0n) is 11.9. The van der Waals surface area contributed by atoms with Crippen LogP contribution in [-0.2, 0) is 4.79 Å². The summed E-state index contributed by atoms with van der Waals surface area (Å²) in [5.74, 6) is 1.84. The van der Waals surface area contributed by atoms with E-state index in [9.17, 15) is 9.90 Å². The fourth-order valence-corrected chi connectivity index (χ4v) is 4.00. The van der Waals surface area contributed by atoms with Crippen molar-refractivity contribution >= 4 is 5.78 Å². The normalized spacial score (nSPS) is 41.9. The van der Waals surface area contributed by atoms with E-state index in [1.165, 1.54) is 12.8 Å². The Morgan fingerprint density at radius 2 is 1.78 bits per heavy atom. The van der Waals surface area contributed by atoms with Crippen molar-refractivity contribution in [2.45, 2.75) is 71.3 Å². The van der Waals surface area contributed by atoms with Gasteiger partial charge in [0.15, 0.2) is 0 Å². The maximum Gasteiger partial charge on any atom is 0.139 e. The first kappa shape index (κ1) is 14.0. The van der Waals surface area contributed by atoms with Crippen molar-refractivity contribution in [1.82, 2.24) is 0 Å². The summed E-state index contributed by atoms with van der Waals surface area (Å²) in [6.07, 6.45) is 8.62. The van der Waals surface area contributed by atoms with Crippen LogP contribution < -0.4 is 0 Å². The average molecular weight is 252 g/mol. The van der Waals surface area contributed by atoms with E-state index in [4.69, 9.17) is 0 Å². The van der Waals surface area contributed by atoms with Gasteiger partial charge in [-0.15, -0.1) is 0 Å². The fraction of sp³-hybridized carbons (Fsp3) is 0.938. The van der Waals surface area contributed by atoms with Crippen molar-refractivity contribution in [1.29, 1.82) is 0 Å². The van der Waals surface area contributed by atoms with Gasteiger partial charge in [0, 0.05) is 11.8 Å². The summed E-state index contributed by atoms with van der Waals surface area (Å²) < 4.78 is 0. The molecule has 0 aliphatic heterocycles. The zero-order chi connectivity index (χ0) is 13.1. The molecular weight excluding hydrogens is 224 g/mol. The Hall–Kier alpha value is -0.370. The molecule has 2 aliphatic carbocycles. The lowest BCUT2D eigenvalue weighted by Gasteiger charge is -2.36. The van der Waals surface area contributed by atoms with Gasteiger partial charge in [-0.25, -0.2) is 0 Å². The summed E-state index contributed by atoms with van der Waals surface area (Å²) in [5.41, 5.74) is 0. The Balaban J connectivity index is 1.93. The van der Waals surface area contributed by atoms with Gasteiger partial charge in [-0.05, 0) is 50.4 Å². The summed E-state index contributed by atoms with van der Waals surface area (Å²) in [6, 6.07) is 0. The lowest BCUT2D eigenvalue weighted by atomic mass is 9.70. The molecule has 0 spiro atoms. The number of hydrogen-bond acceptors (Lipinski definition) is 2. The number of Topliss-reactive ketones (excluding diaryl/α,β-unsaturated/α-hetero) is 1. The van der Waals surface area contributed by atoms with Gasteiger partial charge >= 0.3 is 0 Å². The quantitative estimate of drug-likeness (QED) is 0.833. The van der Waals surface area contributed by atoms with E-state index in [-0.39, 0.29) is 12.0 Å². The van der Waals surface area contributed by atoms with Crippen molar-refractivity contribution in [3.05, 3.63) is 0 Å². The molecule has 2 fully saturated rings. The fourth-order valence-electron chi connectivity index (χ4n) is 4.00. The average Bonchev–Trinajstić information content (AvgIpc) is 2.37. The number of ketones is 1. The van der Waals surface area contributed by atoms with Crippen molar-refractivity contribution < 1.29 is 9.90 Å². The number of rotatable bonds is 3. The molecule has 2 saturated carbocycles. The van der Waals surface area contributed by atoms with Gasteiger partial charge in [-0.2, -0.15) is 0 Å². The number of carbonyl (C=O) groups is 1. The Bertz CT molecular complexity index is 287. The Morgan fingerprint density at radius 1 is 1.11 bits per heavy atom. The van der Waals surface area contributed by atoms with Gasteiger partial charge in [0.05, 0.1) is 6.10 Å². The van der Waals surface area contributed by atoms with Crippen LogP contribution >= 0.6 is 0 Å². The van der Waals surface area contributed by atoms with Crippen LogP contribution in [0.25, 0.3) is 0 Å². The van der Waals surface area contributed by atoms with E-state index in [0.717, 1.165) is 38.5 Å². The van der Waals surface area contributed by atoms with Crippen LogP contribution in [0.3, 0.4) is 0 Å². The lowest BCUT2D eigenvalue weighted by molar-refractivity contribution is -0.130. The van der Waals surface area contributed by atoms with E-state index in [1.54, 1.807) is 0 Å². The Kier molecular flexibility index (Phi) is 4.83. The van der Waals surface area contributed by atoms with Gasteiger partial charge in [0.2, 0.25) is 0 Å². The van der Waals surface area contributed by atoms with Crippen LogP contribution in [0.1, 0.15) is 65.2 Å². The minimum absolute atomic E-state index is 0.173. The second kappa shape index (κ2) is 6.18. The molecule has 0 saturated heterocycles. The predicted molar refractivity (Wildman–Crippen MR) is 73.3 cm³/mol. The van der Waals surface area contributed by atoms with Gasteiger partial charge in [0.25, 0.3) is 0 Å². The summed E-state index contributed by atoms with van der Waals surface area (Å²) in [7, 11) is 0. The highest BCUT2D eigenvalue weighted by atomic mass is 16.3. The van der Waals surface area contributed by atoms with E-state index in [2.05, 4.69) is 13.8 Å². The van der Waals surface area contributed by atoms with E-state index >= 15 is 0 Å². The standard InChI is InChI=1S/C16H28O2/c1-3-12-7-5-9-14(16(12)18)10-13-8-4-6-11(2)15(13)17/h11-15,17H,3-10H2,1-2H3. The highest BCUT2D eigenvalue weighted by Gasteiger charge is 2.35. The second-order valence-electron chi connectivity index (χ2n) is 6.53. The van der Waals surface area contributed by atoms with Crippen LogP contribution in [0.2, 0.25) is 0 Å². The first-order valence-electron chi connectivity index (χ1n) is 7.85. The maximum absolute atomic E-state index is 12.3. The van der Waals surface area contributed by atoms with E-state index in [0.29, 0.717) is 23.5 Å². The molecule has 0 aromatic rings. The summed E-state index contributed by atoms with van der Waals surface area (Å²) in [6.45, 7) is 4.27. The predicted octanol–water partition coefficient (Wildman–Crippen LogP) is 3.57. The first-order chi connectivity index (χ1) is 8.63. The van der Waals surface area contributed by atoms with E-state index < -0.39 is 0 Å². The molecule has 0 amide bonds. The van der Waals surface area contributed by atoms with Gasteiger partial charge in [-0.1, -0.05) is 26.7 Å². The SMILES string of the molecule is CCC1CCCC(CC2CCCC(C)C2O)C1=O. The Labute approximate surface area is 111 Å². The largest absolute Gasteiger partial charge is 0.393 e. The van der Waals surface area contributed by atoms with Gasteiger partial charge in [-0.3, -0.25) is 4.79 Å². The van der Waals surface area contributed by atoms with Gasteiger partial charge < -0.3 is 5.11 Å². The minimum atomic E-state index is -0.173. The van der Waals surface area contributed by atoms with Crippen molar-refractivity contribution in [2.75, 3.05) is 0 Å². The van der Waals surface area contributed by atoms with Crippen molar-refractivity contribution in [3.8, 4) is 0 Å². The van der Waals surface area contributed by atoms with Crippen LogP contribution in [0.5, 0.6) is 0 Å².